The molecular formula is C30H40N4O6. The van der Waals surface area contributed by atoms with Crippen LogP contribution in [0.2, 0.25) is 0 Å². The van der Waals surface area contributed by atoms with Gasteiger partial charge in [-0.05, 0) is 30.9 Å². The van der Waals surface area contributed by atoms with Crippen LogP contribution in [-0.2, 0) is 23.9 Å². The van der Waals surface area contributed by atoms with Crippen molar-refractivity contribution in [3.63, 3.8) is 0 Å². The number of hydrogen-bond acceptors (Lipinski definition) is 7. The highest BCUT2D eigenvalue weighted by molar-refractivity contribution is 6.02. The summed E-state index contributed by atoms with van der Waals surface area (Å²) in [4.78, 5) is 45.8. The SMILES string of the molecule is COc1cccc(NC(=O)C2[C@H]3C=CC4(O3)C(C(=O)NC3CCCCC3C)N(CCN3CCOCC3)C(=O)[C@@H]24)c1. The van der Waals surface area contributed by atoms with Crippen LogP contribution < -0.4 is 15.4 Å². The molecule has 1 saturated carbocycles. The van der Waals surface area contributed by atoms with E-state index in [1.165, 1.54) is 6.42 Å². The Kier molecular flexibility index (Phi) is 7.58. The van der Waals surface area contributed by atoms with Crippen molar-refractivity contribution < 1.29 is 28.6 Å². The lowest BCUT2D eigenvalue weighted by molar-refractivity contribution is -0.142. The number of nitrogens with one attached hydrogen (secondary N) is 2. The smallest absolute Gasteiger partial charge is 0.246 e. The molecule has 4 heterocycles. The fraction of sp³-hybridized carbons (Fsp3) is 0.633. The topological polar surface area (TPSA) is 109 Å². The third-order valence-corrected chi connectivity index (χ3v) is 9.46. The monoisotopic (exact) mass is 552 g/mol. The van der Waals surface area contributed by atoms with Crippen molar-refractivity contribution >= 4 is 23.4 Å². The molecule has 1 aromatic carbocycles. The number of anilines is 1. The standard InChI is InChI=1S/C30H40N4O6/c1-19-6-3-4-9-22(19)32-28(36)26-30-11-10-23(40-30)24(27(35)31-20-7-5-8-21(18-20)38-2)25(30)29(37)34(26)13-12-33-14-16-39-17-15-33/h5,7-8,10-11,18-19,22-26H,3-4,6,9,12-17H2,1-2H3,(H,31,35)(H,32,36)/t19?,22?,23-,24?,25-,26?,30?/m1/s1. The Morgan fingerprint density at radius 2 is 1.93 bits per heavy atom. The van der Waals surface area contributed by atoms with Crippen LogP contribution in [0.25, 0.3) is 0 Å². The van der Waals surface area contributed by atoms with Crippen LogP contribution >= 0.6 is 0 Å². The normalized spacial score (nSPS) is 35.0. The van der Waals surface area contributed by atoms with Crippen LogP contribution in [0.1, 0.15) is 32.6 Å². The summed E-state index contributed by atoms with van der Waals surface area (Å²) in [7, 11) is 1.57. The van der Waals surface area contributed by atoms with Gasteiger partial charge in [0.25, 0.3) is 0 Å². The first-order valence-corrected chi connectivity index (χ1v) is 14.6. The minimum atomic E-state index is -1.16. The largest absolute Gasteiger partial charge is 0.497 e. The maximum atomic E-state index is 14.2. The van der Waals surface area contributed by atoms with E-state index in [0.717, 1.165) is 32.4 Å². The first kappa shape index (κ1) is 27.2. The lowest BCUT2D eigenvalue weighted by Gasteiger charge is -2.36. The van der Waals surface area contributed by atoms with Gasteiger partial charge in [0.05, 0.1) is 38.3 Å². The fourth-order valence-electron chi connectivity index (χ4n) is 7.30. The van der Waals surface area contributed by atoms with E-state index in [1.54, 1.807) is 36.3 Å². The molecule has 5 aliphatic rings. The van der Waals surface area contributed by atoms with Crippen LogP contribution in [0.4, 0.5) is 5.69 Å². The number of methoxy groups -OCH3 is 1. The summed E-state index contributed by atoms with van der Waals surface area (Å²) in [6.45, 7) is 6.09. The Balaban J connectivity index is 1.27. The van der Waals surface area contributed by atoms with E-state index < -0.39 is 29.6 Å². The van der Waals surface area contributed by atoms with Gasteiger partial charge in [0, 0.05) is 44.0 Å². The molecule has 40 heavy (non-hydrogen) atoms. The first-order valence-electron chi connectivity index (χ1n) is 14.6. The van der Waals surface area contributed by atoms with Gasteiger partial charge >= 0.3 is 0 Å². The van der Waals surface area contributed by atoms with Gasteiger partial charge in [0.15, 0.2) is 0 Å². The minimum Gasteiger partial charge on any atom is -0.497 e. The zero-order valence-electron chi connectivity index (χ0n) is 23.3. The van der Waals surface area contributed by atoms with E-state index >= 15 is 0 Å². The highest BCUT2D eigenvalue weighted by Gasteiger charge is 2.72. The molecule has 2 bridgehead atoms. The van der Waals surface area contributed by atoms with Crippen LogP contribution in [0.15, 0.2) is 36.4 Å². The van der Waals surface area contributed by atoms with Crippen LogP contribution in [0.5, 0.6) is 5.75 Å². The quantitative estimate of drug-likeness (QED) is 0.474. The van der Waals surface area contributed by atoms with Crippen molar-refractivity contribution in [1.82, 2.24) is 15.1 Å². The van der Waals surface area contributed by atoms with E-state index in [-0.39, 0.29) is 23.8 Å². The highest BCUT2D eigenvalue weighted by atomic mass is 16.5. The molecule has 216 valence electrons. The average Bonchev–Trinajstić information content (AvgIpc) is 3.61. The van der Waals surface area contributed by atoms with Crippen molar-refractivity contribution in [2.45, 2.75) is 56.4 Å². The van der Waals surface area contributed by atoms with E-state index in [9.17, 15) is 14.4 Å². The number of nitrogens with zero attached hydrogens (tertiary/aromatic N) is 2. The summed E-state index contributed by atoms with van der Waals surface area (Å²) in [5.41, 5.74) is -0.578. The van der Waals surface area contributed by atoms with Crippen molar-refractivity contribution in [1.29, 1.82) is 0 Å². The number of carbonyl (C=O) groups is 3. The molecule has 7 atom stereocenters. The van der Waals surface area contributed by atoms with Gasteiger partial charge in [-0.1, -0.05) is 38.0 Å². The molecule has 6 rings (SSSR count). The maximum absolute atomic E-state index is 14.2. The first-order chi connectivity index (χ1) is 19.4. The van der Waals surface area contributed by atoms with Crippen molar-refractivity contribution in [2.24, 2.45) is 17.8 Å². The summed E-state index contributed by atoms with van der Waals surface area (Å²) in [6, 6.07) is 6.38. The Labute approximate surface area is 235 Å². The number of amides is 3. The number of carbonyl (C=O) groups excluding carboxylic acids is 3. The van der Waals surface area contributed by atoms with Crippen LogP contribution in [0, 0.1) is 17.8 Å². The average molecular weight is 553 g/mol. The molecule has 4 fully saturated rings. The predicted molar refractivity (Wildman–Crippen MR) is 148 cm³/mol. The van der Waals surface area contributed by atoms with Gasteiger partial charge < -0.3 is 29.7 Å². The van der Waals surface area contributed by atoms with Gasteiger partial charge in [0.1, 0.15) is 17.4 Å². The summed E-state index contributed by atoms with van der Waals surface area (Å²) in [5, 5.41) is 6.25. The van der Waals surface area contributed by atoms with Gasteiger partial charge in [-0.25, -0.2) is 0 Å². The molecule has 0 radical (unpaired) electrons. The van der Waals surface area contributed by atoms with E-state index in [0.29, 0.717) is 43.7 Å². The summed E-state index contributed by atoms with van der Waals surface area (Å²) < 4.78 is 17.3. The number of rotatable bonds is 8. The van der Waals surface area contributed by atoms with Crippen molar-refractivity contribution in [3.8, 4) is 5.75 Å². The van der Waals surface area contributed by atoms with Gasteiger partial charge in [0.2, 0.25) is 17.7 Å². The summed E-state index contributed by atoms with van der Waals surface area (Å²) >= 11 is 0. The van der Waals surface area contributed by atoms with Gasteiger partial charge in [-0.15, -0.1) is 0 Å². The molecule has 2 N–H and O–H groups in total. The molecule has 10 nitrogen and oxygen atoms in total. The number of benzene rings is 1. The molecule has 1 aliphatic carbocycles. The lowest BCUT2D eigenvalue weighted by atomic mass is 9.74. The Morgan fingerprint density at radius 3 is 2.70 bits per heavy atom. The second-order valence-electron chi connectivity index (χ2n) is 11.8. The second-order valence-corrected chi connectivity index (χ2v) is 11.8. The zero-order valence-corrected chi connectivity index (χ0v) is 23.3. The highest BCUT2D eigenvalue weighted by Crippen LogP contribution is 2.55. The number of likely N-dealkylation sites (tertiary alicyclic amines) is 1. The maximum Gasteiger partial charge on any atom is 0.246 e. The molecule has 3 saturated heterocycles. The lowest BCUT2D eigenvalue weighted by Crippen LogP contribution is -2.58. The number of ether oxygens (including phenoxy) is 3. The minimum absolute atomic E-state index is 0.0719. The number of morpholine rings is 1. The summed E-state index contributed by atoms with van der Waals surface area (Å²) in [5.74, 6) is -1.17. The number of hydrogen-bond donors (Lipinski definition) is 2. The van der Waals surface area contributed by atoms with Gasteiger partial charge in [-0.2, -0.15) is 0 Å². The van der Waals surface area contributed by atoms with E-state index in [2.05, 4.69) is 22.5 Å². The van der Waals surface area contributed by atoms with Crippen LogP contribution in [0.3, 0.4) is 0 Å². The van der Waals surface area contributed by atoms with Crippen molar-refractivity contribution in [2.75, 3.05) is 51.8 Å². The molecule has 5 unspecified atom stereocenters. The fourth-order valence-corrected chi connectivity index (χ4v) is 7.30. The van der Waals surface area contributed by atoms with Crippen molar-refractivity contribution in [3.05, 3.63) is 36.4 Å². The Hall–Kier alpha value is -2.95. The van der Waals surface area contributed by atoms with E-state index in [4.69, 9.17) is 14.2 Å². The van der Waals surface area contributed by atoms with Gasteiger partial charge in [-0.3, -0.25) is 19.3 Å². The summed E-state index contributed by atoms with van der Waals surface area (Å²) in [6.07, 6.45) is 7.43. The van der Waals surface area contributed by atoms with E-state index in [1.807, 2.05) is 12.2 Å². The molecule has 0 aromatic heterocycles. The molecule has 4 aliphatic heterocycles. The zero-order chi connectivity index (χ0) is 27.9. The Bertz CT molecular complexity index is 1170. The molecular weight excluding hydrogens is 512 g/mol. The molecule has 1 aromatic rings. The molecule has 10 heteroatoms. The Morgan fingerprint density at radius 1 is 1.12 bits per heavy atom. The predicted octanol–water partition coefficient (Wildman–Crippen LogP) is 1.81. The number of fused-ring (bicyclic) bond motifs is 1. The second kappa shape index (κ2) is 11.1. The third kappa shape index (κ3) is 4.80. The third-order valence-electron chi connectivity index (χ3n) is 9.46. The van der Waals surface area contributed by atoms with Crippen LogP contribution in [-0.4, -0.2) is 97.8 Å². The molecule has 1 spiro atoms. The molecule has 3 amide bonds.